The van der Waals surface area contributed by atoms with E-state index in [2.05, 4.69) is 9.97 Å². The summed E-state index contributed by atoms with van der Waals surface area (Å²) in [4.78, 5) is 21.1. The summed E-state index contributed by atoms with van der Waals surface area (Å²) in [5.74, 6) is -0.0369. The number of carbonyl (C=O) groups is 1. The molecule has 0 N–H and O–H groups in total. The second-order valence-corrected chi connectivity index (χ2v) is 9.18. The maximum absolute atomic E-state index is 12.4. The highest BCUT2D eigenvalue weighted by atomic mass is 35.5. The molecule has 0 spiro atoms. The Hall–Kier alpha value is -1.41. The van der Waals surface area contributed by atoms with Crippen LogP contribution in [0.5, 0.6) is 0 Å². The van der Waals surface area contributed by atoms with E-state index in [-0.39, 0.29) is 28.1 Å². The van der Waals surface area contributed by atoms with E-state index < -0.39 is 15.4 Å². The monoisotopic (exact) mass is 375 g/mol. The van der Waals surface area contributed by atoms with Gasteiger partial charge in [-0.05, 0) is 57.2 Å². The van der Waals surface area contributed by atoms with E-state index in [0.29, 0.717) is 25.9 Å². The van der Waals surface area contributed by atoms with Gasteiger partial charge >= 0.3 is 6.09 Å². The Labute approximate surface area is 147 Å². The Morgan fingerprint density at radius 1 is 1.38 bits per heavy atom. The number of halogens is 1. The van der Waals surface area contributed by atoms with Gasteiger partial charge < -0.3 is 9.64 Å². The number of piperidine rings is 1. The quantitative estimate of drug-likeness (QED) is 0.595. The average Bonchev–Trinajstić information content (AvgIpc) is 2.46. The summed E-state index contributed by atoms with van der Waals surface area (Å²) in [6, 6.07) is 1.34. The second-order valence-electron chi connectivity index (χ2n) is 6.86. The molecule has 1 fully saturated rings. The summed E-state index contributed by atoms with van der Waals surface area (Å²) in [7, 11) is -3.52. The highest BCUT2D eigenvalue weighted by Gasteiger charge is 2.30. The highest BCUT2D eigenvalue weighted by Crippen LogP contribution is 2.23. The zero-order valence-corrected chi connectivity index (χ0v) is 15.6. The van der Waals surface area contributed by atoms with Crippen molar-refractivity contribution in [1.29, 1.82) is 0 Å². The van der Waals surface area contributed by atoms with Gasteiger partial charge in [-0.15, -0.1) is 0 Å². The Morgan fingerprint density at radius 2 is 2.00 bits per heavy atom. The molecule has 9 heteroatoms. The molecule has 0 bridgehead atoms. The van der Waals surface area contributed by atoms with Crippen molar-refractivity contribution in [2.24, 2.45) is 5.92 Å². The molecule has 0 saturated carbocycles. The zero-order chi connectivity index (χ0) is 18.0. The smallest absolute Gasteiger partial charge is 0.410 e. The van der Waals surface area contributed by atoms with Crippen molar-refractivity contribution >= 4 is 27.5 Å². The Kier molecular flexibility index (Phi) is 5.70. The van der Waals surface area contributed by atoms with E-state index in [9.17, 15) is 13.2 Å². The molecule has 1 amide bonds. The van der Waals surface area contributed by atoms with Crippen LogP contribution in [-0.2, 0) is 14.6 Å². The van der Waals surface area contributed by atoms with Gasteiger partial charge in [0, 0.05) is 19.3 Å². The van der Waals surface area contributed by atoms with Crippen molar-refractivity contribution in [3.8, 4) is 0 Å². The number of carbonyl (C=O) groups excluding carboxylic acids is 1. The van der Waals surface area contributed by atoms with Crippen LogP contribution in [0, 0.1) is 5.92 Å². The lowest BCUT2D eigenvalue weighted by Gasteiger charge is -2.33. The van der Waals surface area contributed by atoms with Crippen LogP contribution in [0.3, 0.4) is 0 Å². The number of likely N-dealkylation sites (tertiary alicyclic amines) is 1. The van der Waals surface area contributed by atoms with Crippen LogP contribution in [0.4, 0.5) is 4.79 Å². The van der Waals surface area contributed by atoms with Crippen molar-refractivity contribution in [2.75, 3.05) is 18.8 Å². The maximum atomic E-state index is 12.4. The first kappa shape index (κ1) is 18.9. The lowest BCUT2D eigenvalue weighted by molar-refractivity contribution is 0.0191. The van der Waals surface area contributed by atoms with Gasteiger partial charge in [0.2, 0.25) is 5.28 Å². The summed E-state index contributed by atoms with van der Waals surface area (Å²) in [6.07, 6.45) is 2.19. The van der Waals surface area contributed by atoms with Gasteiger partial charge in [0.15, 0.2) is 14.9 Å². The summed E-state index contributed by atoms with van der Waals surface area (Å²) < 4.78 is 30.1. The minimum Gasteiger partial charge on any atom is -0.444 e. The summed E-state index contributed by atoms with van der Waals surface area (Å²) in [5.41, 5.74) is -0.538. The van der Waals surface area contributed by atoms with Gasteiger partial charge in [0.1, 0.15) is 5.60 Å². The van der Waals surface area contributed by atoms with Crippen LogP contribution in [0.15, 0.2) is 17.3 Å². The van der Waals surface area contributed by atoms with E-state index in [0.717, 1.165) is 0 Å². The molecule has 1 aliphatic rings. The summed E-state index contributed by atoms with van der Waals surface area (Å²) in [6.45, 7) is 6.42. The Bertz CT molecular complexity index is 695. The number of hydrogen-bond acceptors (Lipinski definition) is 6. The number of sulfone groups is 1. The lowest BCUT2D eigenvalue weighted by atomic mass is 9.99. The van der Waals surface area contributed by atoms with Crippen molar-refractivity contribution in [1.82, 2.24) is 14.9 Å². The molecule has 0 aromatic carbocycles. The first-order valence-corrected chi connectivity index (χ1v) is 9.79. The molecule has 1 aliphatic heterocycles. The maximum Gasteiger partial charge on any atom is 0.410 e. The second kappa shape index (κ2) is 7.23. The molecule has 1 aromatic rings. The minimum atomic E-state index is -3.52. The van der Waals surface area contributed by atoms with E-state index in [1.54, 1.807) is 4.90 Å². The molecule has 0 unspecified atom stereocenters. The van der Waals surface area contributed by atoms with E-state index >= 15 is 0 Å². The van der Waals surface area contributed by atoms with Crippen molar-refractivity contribution < 1.29 is 17.9 Å². The molecular formula is C15H22ClN3O4S. The first-order valence-electron chi connectivity index (χ1n) is 7.76. The SMILES string of the molecule is CC(C)(C)OC(=O)N1CCC(CS(=O)(=O)c2ccnc(Cl)n2)CC1. The molecule has 1 saturated heterocycles. The third-order valence-corrected chi connectivity index (χ3v) is 5.60. The number of nitrogens with zero attached hydrogens (tertiary/aromatic N) is 3. The average molecular weight is 376 g/mol. The topological polar surface area (TPSA) is 89.5 Å². The summed E-state index contributed by atoms with van der Waals surface area (Å²) >= 11 is 5.66. The number of aromatic nitrogens is 2. The van der Waals surface area contributed by atoms with E-state index in [1.807, 2.05) is 20.8 Å². The van der Waals surface area contributed by atoms with Gasteiger partial charge in [-0.3, -0.25) is 0 Å². The first-order chi connectivity index (χ1) is 11.1. The van der Waals surface area contributed by atoms with Crippen LogP contribution in [0.1, 0.15) is 33.6 Å². The molecule has 2 rings (SSSR count). The molecule has 134 valence electrons. The molecule has 0 aliphatic carbocycles. The van der Waals surface area contributed by atoms with Crippen molar-refractivity contribution in [2.45, 2.75) is 44.2 Å². The Morgan fingerprint density at radius 3 is 2.54 bits per heavy atom. The van der Waals surface area contributed by atoms with Crippen LogP contribution in [-0.4, -0.2) is 53.8 Å². The lowest BCUT2D eigenvalue weighted by Crippen LogP contribution is -2.42. The summed E-state index contributed by atoms with van der Waals surface area (Å²) in [5, 5.41) is -0.145. The van der Waals surface area contributed by atoms with E-state index in [1.165, 1.54) is 12.3 Å². The number of hydrogen-bond donors (Lipinski definition) is 0. The fraction of sp³-hybridized carbons (Fsp3) is 0.667. The molecular weight excluding hydrogens is 354 g/mol. The van der Waals surface area contributed by atoms with Crippen LogP contribution >= 0.6 is 11.6 Å². The largest absolute Gasteiger partial charge is 0.444 e. The van der Waals surface area contributed by atoms with Crippen LogP contribution in [0.25, 0.3) is 0 Å². The normalized spacial score (nSPS) is 16.9. The molecule has 0 radical (unpaired) electrons. The molecule has 2 heterocycles. The van der Waals surface area contributed by atoms with Gasteiger partial charge in [-0.2, -0.15) is 0 Å². The number of ether oxygens (including phenoxy) is 1. The van der Waals surface area contributed by atoms with Crippen LogP contribution in [0.2, 0.25) is 5.28 Å². The van der Waals surface area contributed by atoms with Crippen molar-refractivity contribution in [3.63, 3.8) is 0 Å². The van der Waals surface area contributed by atoms with Gasteiger partial charge in [0.05, 0.1) is 5.75 Å². The molecule has 7 nitrogen and oxygen atoms in total. The fourth-order valence-corrected chi connectivity index (χ4v) is 4.31. The predicted molar refractivity (Wildman–Crippen MR) is 89.6 cm³/mol. The fourth-order valence-electron chi connectivity index (χ4n) is 2.50. The predicted octanol–water partition coefficient (Wildman–Crippen LogP) is 2.55. The highest BCUT2D eigenvalue weighted by molar-refractivity contribution is 7.91. The molecule has 24 heavy (non-hydrogen) atoms. The minimum absolute atomic E-state index is 0.0114. The number of amides is 1. The molecule has 0 atom stereocenters. The van der Waals surface area contributed by atoms with Crippen molar-refractivity contribution in [3.05, 3.63) is 17.5 Å². The van der Waals surface area contributed by atoms with Gasteiger partial charge in [0.25, 0.3) is 0 Å². The standard InChI is InChI=1S/C15H22ClN3O4S/c1-15(2,3)23-14(20)19-8-5-11(6-9-19)10-24(21,22)12-4-7-17-13(16)18-12/h4,7,11H,5-6,8-10H2,1-3H3. The number of rotatable bonds is 3. The Balaban J connectivity index is 1.92. The van der Waals surface area contributed by atoms with Gasteiger partial charge in [-0.1, -0.05) is 0 Å². The van der Waals surface area contributed by atoms with Crippen LogP contribution < -0.4 is 0 Å². The van der Waals surface area contributed by atoms with Gasteiger partial charge in [-0.25, -0.2) is 23.2 Å². The van der Waals surface area contributed by atoms with E-state index in [4.69, 9.17) is 16.3 Å². The third-order valence-electron chi connectivity index (χ3n) is 3.64. The third kappa shape index (κ3) is 5.31. The zero-order valence-electron chi connectivity index (χ0n) is 14.0. The molecule has 1 aromatic heterocycles.